The number of nitrogens with zero attached hydrogens (tertiary/aromatic N) is 1. The Hall–Kier alpha value is -1.09. The molecule has 1 saturated heterocycles. The minimum absolute atomic E-state index is 0.00565. The van der Waals surface area contributed by atoms with Crippen LogP contribution in [0.15, 0.2) is 24.3 Å². The van der Waals surface area contributed by atoms with E-state index in [-0.39, 0.29) is 11.4 Å². The fraction of sp³-hybridized carbons (Fsp3) is 0.538. The molecule has 1 N–H and O–H groups in total. The summed E-state index contributed by atoms with van der Waals surface area (Å²) in [5, 5.41) is 3.36. The molecular formula is C13H19FN2. The fourth-order valence-corrected chi connectivity index (χ4v) is 2.26. The monoisotopic (exact) mass is 222 g/mol. The predicted molar refractivity (Wildman–Crippen MR) is 65.3 cm³/mol. The van der Waals surface area contributed by atoms with Crippen LogP contribution in [0.5, 0.6) is 0 Å². The SMILES string of the molecule is CC1(C)CCNCCN1c1ccccc1F. The largest absolute Gasteiger partial charge is 0.363 e. The molecular weight excluding hydrogens is 203 g/mol. The van der Waals surface area contributed by atoms with E-state index in [0.29, 0.717) is 0 Å². The molecule has 0 saturated carbocycles. The van der Waals surface area contributed by atoms with Gasteiger partial charge in [-0.1, -0.05) is 12.1 Å². The zero-order valence-electron chi connectivity index (χ0n) is 9.96. The van der Waals surface area contributed by atoms with Crippen LogP contribution in [0.2, 0.25) is 0 Å². The summed E-state index contributed by atoms with van der Waals surface area (Å²) >= 11 is 0. The Balaban J connectivity index is 2.33. The molecule has 1 aliphatic rings. The maximum atomic E-state index is 13.8. The quantitative estimate of drug-likeness (QED) is 0.785. The first-order valence-electron chi connectivity index (χ1n) is 5.84. The molecule has 0 spiro atoms. The smallest absolute Gasteiger partial charge is 0.146 e. The highest BCUT2D eigenvalue weighted by Gasteiger charge is 2.29. The summed E-state index contributed by atoms with van der Waals surface area (Å²) < 4.78 is 13.8. The molecule has 2 nitrogen and oxygen atoms in total. The number of hydrogen-bond donors (Lipinski definition) is 1. The summed E-state index contributed by atoms with van der Waals surface area (Å²) in [6, 6.07) is 7.03. The van der Waals surface area contributed by atoms with Crippen LogP contribution < -0.4 is 10.2 Å². The second-order valence-corrected chi connectivity index (χ2v) is 4.92. The van der Waals surface area contributed by atoms with Gasteiger partial charge in [0.1, 0.15) is 5.82 Å². The maximum absolute atomic E-state index is 13.8. The van der Waals surface area contributed by atoms with Crippen LogP contribution in [0.4, 0.5) is 10.1 Å². The van der Waals surface area contributed by atoms with Gasteiger partial charge in [-0.2, -0.15) is 0 Å². The predicted octanol–water partition coefficient (Wildman–Crippen LogP) is 2.40. The van der Waals surface area contributed by atoms with Crippen molar-refractivity contribution in [2.24, 2.45) is 0 Å². The van der Waals surface area contributed by atoms with E-state index in [1.54, 1.807) is 6.07 Å². The Morgan fingerprint density at radius 1 is 1.25 bits per heavy atom. The zero-order chi connectivity index (χ0) is 11.6. The Labute approximate surface area is 96.5 Å². The van der Waals surface area contributed by atoms with Gasteiger partial charge in [0.25, 0.3) is 0 Å². The molecule has 1 aromatic carbocycles. The van der Waals surface area contributed by atoms with Crippen molar-refractivity contribution in [2.45, 2.75) is 25.8 Å². The van der Waals surface area contributed by atoms with Gasteiger partial charge in [0.15, 0.2) is 0 Å². The molecule has 2 rings (SSSR count). The van der Waals surface area contributed by atoms with Gasteiger partial charge in [-0.25, -0.2) is 4.39 Å². The van der Waals surface area contributed by atoms with Crippen molar-refractivity contribution >= 4 is 5.69 Å². The molecule has 0 radical (unpaired) electrons. The average molecular weight is 222 g/mol. The van der Waals surface area contributed by atoms with E-state index in [1.807, 2.05) is 12.1 Å². The molecule has 0 unspecified atom stereocenters. The van der Waals surface area contributed by atoms with Crippen LogP contribution in [0.3, 0.4) is 0 Å². The summed E-state index contributed by atoms with van der Waals surface area (Å²) in [7, 11) is 0. The second kappa shape index (κ2) is 4.42. The summed E-state index contributed by atoms with van der Waals surface area (Å²) in [4.78, 5) is 2.17. The van der Waals surface area contributed by atoms with Crippen molar-refractivity contribution in [3.63, 3.8) is 0 Å². The van der Waals surface area contributed by atoms with Gasteiger partial charge < -0.3 is 10.2 Å². The van der Waals surface area contributed by atoms with Gasteiger partial charge in [-0.3, -0.25) is 0 Å². The van der Waals surface area contributed by atoms with E-state index in [2.05, 4.69) is 24.1 Å². The Morgan fingerprint density at radius 3 is 2.75 bits per heavy atom. The highest BCUT2D eigenvalue weighted by atomic mass is 19.1. The fourth-order valence-electron chi connectivity index (χ4n) is 2.26. The lowest BCUT2D eigenvalue weighted by Crippen LogP contribution is -2.45. The normalized spacial score (nSPS) is 20.6. The van der Waals surface area contributed by atoms with Crippen LogP contribution in [-0.4, -0.2) is 25.2 Å². The summed E-state index contributed by atoms with van der Waals surface area (Å²) in [6.45, 7) is 7.11. The number of halogens is 1. The van der Waals surface area contributed by atoms with Crippen LogP contribution in [0.1, 0.15) is 20.3 Å². The van der Waals surface area contributed by atoms with Crippen LogP contribution in [0, 0.1) is 5.82 Å². The number of anilines is 1. The molecule has 1 aliphatic heterocycles. The molecule has 3 heteroatoms. The standard InChI is InChI=1S/C13H19FN2/c1-13(2)7-8-15-9-10-16(13)12-6-4-3-5-11(12)14/h3-6,15H,7-10H2,1-2H3. The van der Waals surface area contributed by atoms with Gasteiger partial charge >= 0.3 is 0 Å². The molecule has 1 aromatic rings. The van der Waals surface area contributed by atoms with E-state index in [4.69, 9.17) is 0 Å². The minimum atomic E-state index is -0.127. The molecule has 1 fully saturated rings. The molecule has 0 amide bonds. The number of nitrogens with one attached hydrogen (secondary N) is 1. The third-order valence-electron chi connectivity index (χ3n) is 3.30. The lowest BCUT2D eigenvalue weighted by Gasteiger charge is -2.39. The van der Waals surface area contributed by atoms with Crippen molar-refractivity contribution in [3.8, 4) is 0 Å². The van der Waals surface area contributed by atoms with Crippen molar-refractivity contribution in [2.75, 3.05) is 24.5 Å². The van der Waals surface area contributed by atoms with Crippen LogP contribution in [0.25, 0.3) is 0 Å². The van der Waals surface area contributed by atoms with Crippen molar-refractivity contribution in [1.29, 1.82) is 0 Å². The number of rotatable bonds is 1. The molecule has 0 bridgehead atoms. The van der Waals surface area contributed by atoms with Gasteiger partial charge in [-0.05, 0) is 38.9 Å². The van der Waals surface area contributed by atoms with E-state index in [1.165, 1.54) is 6.07 Å². The Kier molecular flexibility index (Phi) is 3.15. The number of benzene rings is 1. The van der Waals surface area contributed by atoms with Gasteiger partial charge in [0.05, 0.1) is 5.69 Å². The third-order valence-corrected chi connectivity index (χ3v) is 3.30. The van der Waals surface area contributed by atoms with Gasteiger partial charge in [-0.15, -0.1) is 0 Å². The molecule has 1 heterocycles. The van der Waals surface area contributed by atoms with E-state index < -0.39 is 0 Å². The van der Waals surface area contributed by atoms with Gasteiger partial charge in [0, 0.05) is 18.6 Å². The molecule has 16 heavy (non-hydrogen) atoms. The Morgan fingerprint density at radius 2 is 2.00 bits per heavy atom. The molecule has 0 aliphatic carbocycles. The lowest BCUT2D eigenvalue weighted by molar-refractivity contribution is 0.446. The molecule has 0 aromatic heterocycles. The average Bonchev–Trinajstić information content (AvgIpc) is 2.40. The van der Waals surface area contributed by atoms with Crippen LogP contribution >= 0.6 is 0 Å². The topological polar surface area (TPSA) is 15.3 Å². The lowest BCUT2D eigenvalue weighted by atomic mass is 9.97. The molecule has 0 atom stereocenters. The summed E-state index contributed by atoms with van der Waals surface area (Å²) in [5.41, 5.74) is 0.724. The van der Waals surface area contributed by atoms with Crippen molar-refractivity contribution < 1.29 is 4.39 Å². The number of hydrogen-bond acceptors (Lipinski definition) is 2. The first-order chi connectivity index (χ1) is 7.61. The summed E-state index contributed by atoms with van der Waals surface area (Å²) in [6.07, 6.45) is 1.03. The first kappa shape index (κ1) is 11.4. The second-order valence-electron chi connectivity index (χ2n) is 4.92. The van der Waals surface area contributed by atoms with Gasteiger partial charge in [0.2, 0.25) is 0 Å². The molecule has 88 valence electrons. The first-order valence-corrected chi connectivity index (χ1v) is 5.84. The van der Waals surface area contributed by atoms with E-state index in [9.17, 15) is 4.39 Å². The Bertz CT molecular complexity index is 363. The third kappa shape index (κ3) is 2.19. The van der Waals surface area contributed by atoms with E-state index >= 15 is 0 Å². The maximum Gasteiger partial charge on any atom is 0.146 e. The number of para-hydroxylation sites is 1. The van der Waals surface area contributed by atoms with E-state index in [0.717, 1.165) is 31.7 Å². The highest BCUT2D eigenvalue weighted by Crippen LogP contribution is 2.29. The summed E-state index contributed by atoms with van der Waals surface area (Å²) in [5.74, 6) is -0.127. The van der Waals surface area contributed by atoms with Crippen LogP contribution in [-0.2, 0) is 0 Å². The van der Waals surface area contributed by atoms with Crippen molar-refractivity contribution in [1.82, 2.24) is 5.32 Å². The van der Waals surface area contributed by atoms with Crippen molar-refractivity contribution in [3.05, 3.63) is 30.1 Å². The zero-order valence-corrected chi connectivity index (χ0v) is 9.96. The minimum Gasteiger partial charge on any atom is -0.363 e. The highest BCUT2D eigenvalue weighted by molar-refractivity contribution is 5.50.